The molecule has 5 nitrogen and oxygen atoms in total. The van der Waals surface area contributed by atoms with Gasteiger partial charge >= 0.3 is 0 Å². The van der Waals surface area contributed by atoms with Gasteiger partial charge in [-0.2, -0.15) is 0 Å². The van der Waals surface area contributed by atoms with E-state index in [1.165, 1.54) is 17.8 Å². The van der Waals surface area contributed by atoms with Crippen LogP contribution in [0.15, 0.2) is 47.6 Å². The van der Waals surface area contributed by atoms with Crippen molar-refractivity contribution in [1.29, 1.82) is 0 Å². The number of hydrogen-bond donors (Lipinski definition) is 2. The van der Waals surface area contributed by atoms with Crippen LogP contribution in [0.5, 0.6) is 0 Å². The fourth-order valence-electron chi connectivity index (χ4n) is 2.25. The first-order valence-corrected chi connectivity index (χ1v) is 9.11. The van der Waals surface area contributed by atoms with E-state index in [2.05, 4.69) is 20.5 Å². The van der Waals surface area contributed by atoms with Crippen molar-refractivity contribution in [2.24, 2.45) is 0 Å². The van der Waals surface area contributed by atoms with Crippen LogP contribution in [0.3, 0.4) is 0 Å². The van der Waals surface area contributed by atoms with Gasteiger partial charge in [0.1, 0.15) is 5.82 Å². The van der Waals surface area contributed by atoms with Crippen LogP contribution >= 0.6 is 23.4 Å². The molecule has 8 heteroatoms. The predicted octanol–water partition coefficient (Wildman–Crippen LogP) is 4.69. The van der Waals surface area contributed by atoms with E-state index in [0.717, 1.165) is 5.56 Å². The minimum absolute atomic E-state index is 0.197. The zero-order valence-electron chi connectivity index (χ0n) is 14.1. The summed E-state index contributed by atoms with van der Waals surface area (Å²) in [7, 11) is 0. The average molecular weight is 391 g/mol. The van der Waals surface area contributed by atoms with Crippen LogP contribution in [0.1, 0.15) is 12.5 Å². The smallest absolute Gasteiger partial charge is 0.237 e. The molecule has 0 saturated heterocycles. The summed E-state index contributed by atoms with van der Waals surface area (Å²) < 4.78 is 13.8. The van der Waals surface area contributed by atoms with E-state index in [1.807, 2.05) is 13.0 Å². The third-order valence-electron chi connectivity index (χ3n) is 3.70. The highest BCUT2D eigenvalue weighted by molar-refractivity contribution is 8.00. The lowest BCUT2D eigenvalue weighted by atomic mass is 10.2. The zero-order chi connectivity index (χ0) is 18.7. The lowest BCUT2D eigenvalue weighted by Crippen LogP contribution is -2.23. The summed E-state index contributed by atoms with van der Waals surface area (Å²) in [5.74, 6) is -0.260. The van der Waals surface area contributed by atoms with E-state index in [-0.39, 0.29) is 11.7 Å². The summed E-state index contributed by atoms with van der Waals surface area (Å²) in [5.41, 5.74) is 1.91. The second-order valence-corrected chi connectivity index (χ2v) is 7.40. The van der Waals surface area contributed by atoms with Crippen LogP contribution in [0.25, 0.3) is 11.4 Å². The Hall–Kier alpha value is -2.38. The summed E-state index contributed by atoms with van der Waals surface area (Å²) in [6, 6.07) is 11.6. The quantitative estimate of drug-likeness (QED) is 0.620. The third kappa shape index (κ3) is 4.23. The van der Waals surface area contributed by atoms with Crippen LogP contribution in [-0.4, -0.2) is 26.3 Å². The maximum atomic E-state index is 13.8. The lowest BCUT2D eigenvalue weighted by molar-refractivity contribution is -0.115. The molecule has 0 fully saturated rings. The number of aryl methyl sites for hydroxylation is 1. The molecule has 1 heterocycles. The van der Waals surface area contributed by atoms with Gasteiger partial charge in [-0.15, -0.1) is 5.10 Å². The molecule has 3 rings (SSSR count). The van der Waals surface area contributed by atoms with Crippen LogP contribution in [-0.2, 0) is 4.79 Å². The number of nitrogens with zero attached hydrogens (tertiary/aromatic N) is 2. The number of nitrogens with one attached hydrogen (secondary N) is 2. The normalized spacial score (nSPS) is 12.0. The molecule has 134 valence electrons. The summed E-state index contributed by atoms with van der Waals surface area (Å²) in [4.78, 5) is 16.7. The Labute approximate surface area is 159 Å². The molecule has 0 bridgehead atoms. The minimum atomic E-state index is -0.447. The number of H-pyrrole nitrogens is 1. The number of thioether (sulfide) groups is 1. The van der Waals surface area contributed by atoms with E-state index < -0.39 is 5.25 Å². The molecule has 1 atom stereocenters. The summed E-state index contributed by atoms with van der Waals surface area (Å²) in [5, 5.41) is 10.1. The van der Waals surface area contributed by atoms with Crippen molar-refractivity contribution in [3.8, 4) is 11.4 Å². The van der Waals surface area contributed by atoms with E-state index >= 15 is 0 Å². The number of aromatic nitrogens is 3. The van der Waals surface area contributed by atoms with Crippen LogP contribution in [0, 0.1) is 12.7 Å². The van der Waals surface area contributed by atoms with Crippen molar-refractivity contribution in [1.82, 2.24) is 15.2 Å². The van der Waals surface area contributed by atoms with Crippen molar-refractivity contribution >= 4 is 35.0 Å². The molecule has 0 saturated carbocycles. The maximum absolute atomic E-state index is 13.8. The number of anilines is 1. The second kappa shape index (κ2) is 7.88. The van der Waals surface area contributed by atoms with E-state index in [1.54, 1.807) is 37.3 Å². The molecule has 2 aromatic carbocycles. The zero-order valence-corrected chi connectivity index (χ0v) is 15.7. The third-order valence-corrected chi connectivity index (χ3v) is 4.90. The number of benzene rings is 2. The van der Waals surface area contributed by atoms with Gasteiger partial charge in [0.05, 0.1) is 10.8 Å². The number of rotatable bonds is 5. The van der Waals surface area contributed by atoms with Crippen LogP contribution < -0.4 is 5.32 Å². The molecule has 0 aliphatic rings. The standard InChI is InChI=1S/C18H16ClFN4OS/c1-10-7-8-12(19)9-15(10)21-17(25)11(2)26-18-22-16(23-24-18)13-5-3-4-6-14(13)20/h3-9,11H,1-2H3,(H,21,25)(H,22,23,24). The molecule has 0 aliphatic heterocycles. The molecule has 1 unspecified atom stereocenters. The Morgan fingerprint density at radius 2 is 2.08 bits per heavy atom. The largest absolute Gasteiger partial charge is 0.325 e. The molecule has 0 radical (unpaired) electrons. The predicted molar refractivity (Wildman–Crippen MR) is 102 cm³/mol. The Bertz CT molecular complexity index is 946. The van der Waals surface area contributed by atoms with Crippen molar-refractivity contribution in [2.75, 3.05) is 5.32 Å². The minimum Gasteiger partial charge on any atom is -0.325 e. The highest BCUT2D eigenvalue weighted by Gasteiger charge is 2.19. The maximum Gasteiger partial charge on any atom is 0.237 e. The summed E-state index contributed by atoms with van der Waals surface area (Å²) >= 11 is 7.15. The van der Waals surface area contributed by atoms with Gasteiger partial charge in [-0.1, -0.05) is 41.6 Å². The van der Waals surface area contributed by atoms with Crippen molar-refractivity contribution < 1.29 is 9.18 Å². The molecule has 1 aromatic heterocycles. The number of carbonyl (C=O) groups is 1. The van der Waals surface area contributed by atoms with Crippen LogP contribution in [0.4, 0.5) is 10.1 Å². The first kappa shape index (κ1) is 18.4. The monoisotopic (exact) mass is 390 g/mol. The number of carbonyl (C=O) groups excluding carboxylic acids is 1. The number of hydrogen-bond acceptors (Lipinski definition) is 4. The second-order valence-electron chi connectivity index (χ2n) is 5.66. The highest BCUT2D eigenvalue weighted by Crippen LogP contribution is 2.26. The Morgan fingerprint density at radius 3 is 2.85 bits per heavy atom. The van der Waals surface area contributed by atoms with Crippen molar-refractivity contribution in [2.45, 2.75) is 24.3 Å². The van der Waals surface area contributed by atoms with Gasteiger partial charge in [0, 0.05) is 10.7 Å². The van der Waals surface area contributed by atoms with Gasteiger partial charge in [-0.05, 0) is 43.7 Å². The van der Waals surface area contributed by atoms with Gasteiger partial charge in [-0.3, -0.25) is 9.89 Å². The summed E-state index contributed by atoms with van der Waals surface area (Å²) in [6.45, 7) is 3.64. The van der Waals surface area contributed by atoms with E-state index in [4.69, 9.17) is 11.6 Å². The van der Waals surface area contributed by atoms with Gasteiger partial charge in [0.15, 0.2) is 5.82 Å². The molecule has 0 aliphatic carbocycles. The van der Waals surface area contributed by atoms with Crippen molar-refractivity contribution in [3.63, 3.8) is 0 Å². The fourth-order valence-corrected chi connectivity index (χ4v) is 3.14. The summed E-state index contributed by atoms with van der Waals surface area (Å²) in [6.07, 6.45) is 0. The number of amides is 1. The number of halogens is 2. The molecule has 1 amide bonds. The molecule has 0 spiro atoms. The topological polar surface area (TPSA) is 70.7 Å². The lowest BCUT2D eigenvalue weighted by Gasteiger charge is -2.12. The molecule has 2 N–H and O–H groups in total. The Balaban J connectivity index is 1.68. The van der Waals surface area contributed by atoms with Crippen molar-refractivity contribution in [3.05, 3.63) is 58.9 Å². The van der Waals surface area contributed by atoms with E-state index in [9.17, 15) is 9.18 Å². The van der Waals surface area contributed by atoms with E-state index in [0.29, 0.717) is 27.3 Å². The molecular weight excluding hydrogens is 375 g/mol. The van der Waals surface area contributed by atoms with Gasteiger partial charge in [0.25, 0.3) is 0 Å². The van der Waals surface area contributed by atoms with Gasteiger partial charge < -0.3 is 5.32 Å². The average Bonchev–Trinajstić information content (AvgIpc) is 3.06. The van der Waals surface area contributed by atoms with Gasteiger partial charge in [0.2, 0.25) is 11.1 Å². The van der Waals surface area contributed by atoms with Crippen LogP contribution in [0.2, 0.25) is 5.02 Å². The van der Waals surface area contributed by atoms with Gasteiger partial charge in [-0.25, -0.2) is 9.37 Å². The Morgan fingerprint density at radius 1 is 1.31 bits per heavy atom. The number of aromatic amines is 1. The fraction of sp³-hybridized carbons (Fsp3) is 0.167. The first-order valence-electron chi connectivity index (χ1n) is 7.85. The molecular formula is C18H16ClFN4OS. The molecule has 3 aromatic rings. The SMILES string of the molecule is Cc1ccc(Cl)cc1NC(=O)C(C)Sc1n[nH]c(-c2ccccc2F)n1. The Kier molecular flexibility index (Phi) is 5.58. The highest BCUT2D eigenvalue weighted by atomic mass is 35.5. The first-order chi connectivity index (χ1) is 12.4. The molecule has 26 heavy (non-hydrogen) atoms.